The number of hydrogen-bond donors (Lipinski definition) is 3. The first-order valence-electron chi connectivity index (χ1n) is 5.65. The summed E-state index contributed by atoms with van der Waals surface area (Å²) in [5, 5.41) is 21.4. The summed E-state index contributed by atoms with van der Waals surface area (Å²) in [5.74, 6) is -0.813. The number of hydrogen-bond acceptors (Lipinski definition) is 3. The van der Waals surface area contributed by atoms with Crippen molar-refractivity contribution < 1.29 is 15.0 Å². The quantitative estimate of drug-likeness (QED) is 0.574. The molecule has 0 aromatic rings. The molecule has 90 valence electrons. The van der Waals surface area contributed by atoms with Gasteiger partial charge < -0.3 is 10.2 Å². The summed E-state index contributed by atoms with van der Waals surface area (Å²) in [4.78, 5) is 11.3. The van der Waals surface area contributed by atoms with Gasteiger partial charge in [-0.15, -0.1) is 0 Å². The summed E-state index contributed by atoms with van der Waals surface area (Å²) in [6.07, 6.45) is 2.32. The number of aliphatic carboxylic acids is 1. The van der Waals surface area contributed by atoms with Gasteiger partial charge in [0.2, 0.25) is 0 Å². The lowest BCUT2D eigenvalue weighted by molar-refractivity contribution is -0.145. The number of nitrogens with one attached hydrogen (secondary N) is 1. The highest BCUT2D eigenvalue weighted by atomic mass is 16.4. The molecule has 0 saturated heterocycles. The van der Waals surface area contributed by atoms with Crippen molar-refractivity contribution in [3.05, 3.63) is 0 Å². The number of aliphatic hydroxyl groups excluding tert-OH is 1. The molecule has 0 radical (unpaired) electrons. The van der Waals surface area contributed by atoms with E-state index in [1.807, 2.05) is 13.8 Å². The van der Waals surface area contributed by atoms with Crippen LogP contribution in [-0.2, 0) is 4.79 Å². The van der Waals surface area contributed by atoms with E-state index in [2.05, 4.69) is 5.32 Å². The first-order chi connectivity index (χ1) is 6.98. The average Bonchev–Trinajstić information content (AvgIpc) is 2.14. The Balaban J connectivity index is 4.54. The van der Waals surface area contributed by atoms with Gasteiger partial charge in [0.25, 0.3) is 0 Å². The van der Waals surface area contributed by atoms with E-state index in [9.17, 15) is 15.0 Å². The third-order valence-corrected chi connectivity index (χ3v) is 2.50. The smallest absolute Gasteiger partial charge is 0.323 e. The van der Waals surface area contributed by atoms with Crippen LogP contribution in [0.3, 0.4) is 0 Å². The number of carboxylic acids is 1. The molecule has 0 rings (SSSR count). The molecule has 0 spiro atoms. The molecule has 0 aromatic heterocycles. The Morgan fingerprint density at radius 2 is 1.80 bits per heavy atom. The zero-order chi connectivity index (χ0) is 11.9. The Morgan fingerprint density at radius 3 is 2.07 bits per heavy atom. The molecule has 3 N–H and O–H groups in total. The minimum atomic E-state index is -0.861. The highest BCUT2D eigenvalue weighted by molar-refractivity contribution is 5.78. The molecule has 1 atom stereocenters. The van der Waals surface area contributed by atoms with E-state index in [-0.39, 0.29) is 0 Å². The number of aliphatic hydroxyl groups is 1. The standard InChI is InChI=1S/C11H23NO3/c1-4-6-11(7-5-2,10(14)15)12-8-9(3)13/h9,12-13H,4-8H2,1-3H3,(H,14,15). The van der Waals surface area contributed by atoms with Crippen molar-refractivity contribution in [3.63, 3.8) is 0 Å². The zero-order valence-electron chi connectivity index (χ0n) is 9.92. The molecule has 0 saturated carbocycles. The summed E-state index contributed by atoms with van der Waals surface area (Å²) in [6, 6.07) is 0. The predicted molar refractivity (Wildman–Crippen MR) is 59.9 cm³/mol. The zero-order valence-corrected chi connectivity index (χ0v) is 9.92. The van der Waals surface area contributed by atoms with E-state index in [0.29, 0.717) is 19.4 Å². The highest BCUT2D eigenvalue weighted by Gasteiger charge is 2.36. The second-order valence-corrected chi connectivity index (χ2v) is 4.12. The molecule has 0 fully saturated rings. The van der Waals surface area contributed by atoms with Crippen molar-refractivity contribution in [2.24, 2.45) is 0 Å². The van der Waals surface area contributed by atoms with Gasteiger partial charge in [-0.2, -0.15) is 0 Å². The molecule has 4 heteroatoms. The van der Waals surface area contributed by atoms with Crippen LogP contribution in [0.5, 0.6) is 0 Å². The first-order valence-corrected chi connectivity index (χ1v) is 5.65. The second-order valence-electron chi connectivity index (χ2n) is 4.12. The summed E-state index contributed by atoms with van der Waals surface area (Å²) < 4.78 is 0. The van der Waals surface area contributed by atoms with E-state index < -0.39 is 17.6 Å². The SMILES string of the molecule is CCCC(CCC)(NCC(C)O)C(=O)O. The molecule has 0 aliphatic carbocycles. The summed E-state index contributed by atoms with van der Waals surface area (Å²) in [5.41, 5.74) is -0.861. The van der Waals surface area contributed by atoms with Crippen molar-refractivity contribution in [1.82, 2.24) is 5.32 Å². The van der Waals surface area contributed by atoms with Crippen molar-refractivity contribution in [1.29, 1.82) is 0 Å². The summed E-state index contributed by atoms with van der Waals surface area (Å²) in [7, 11) is 0. The third kappa shape index (κ3) is 4.62. The molecule has 0 aromatic carbocycles. The fourth-order valence-electron chi connectivity index (χ4n) is 1.79. The highest BCUT2D eigenvalue weighted by Crippen LogP contribution is 2.20. The Bertz CT molecular complexity index is 186. The van der Waals surface area contributed by atoms with Crippen LogP contribution in [0.25, 0.3) is 0 Å². The molecular formula is C11H23NO3. The monoisotopic (exact) mass is 217 g/mol. The summed E-state index contributed by atoms with van der Waals surface area (Å²) >= 11 is 0. The molecular weight excluding hydrogens is 194 g/mol. The number of carbonyl (C=O) groups is 1. The fourth-order valence-corrected chi connectivity index (χ4v) is 1.79. The molecule has 15 heavy (non-hydrogen) atoms. The van der Waals surface area contributed by atoms with E-state index in [0.717, 1.165) is 12.8 Å². The van der Waals surface area contributed by atoms with Crippen LogP contribution in [0.15, 0.2) is 0 Å². The van der Waals surface area contributed by atoms with Crippen LogP contribution >= 0.6 is 0 Å². The van der Waals surface area contributed by atoms with Gasteiger partial charge in [0, 0.05) is 6.54 Å². The Labute approximate surface area is 91.7 Å². The minimum Gasteiger partial charge on any atom is -0.480 e. The Morgan fingerprint density at radius 1 is 1.33 bits per heavy atom. The van der Waals surface area contributed by atoms with Gasteiger partial charge in [-0.1, -0.05) is 26.7 Å². The van der Waals surface area contributed by atoms with Gasteiger partial charge in [-0.25, -0.2) is 0 Å². The van der Waals surface area contributed by atoms with Gasteiger partial charge >= 0.3 is 5.97 Å². The van der Waals surface area contributed by atoms with Crippen LogP contribution in [-0.4, -0.2) is 34.4 Å². The topological polar surface area (TPSA) is 69.6 Å². The molecule has 1 unspecified atom stereocenters. The van der Waals surface area contributed by atoms with Gasteiger partial charge in [-0.05, 0) is 19.8 Å². The second kappa shape index (κ2) is 6.80. The molecule has 4 nitrogen and oxygen atoms in total. The van der Waals surface area contributed by atoms with Crippen molar-refractivity contribution in [2.75, 3.05) is 6.54 Å². The largest absolute Gasteiger partial charge is 0.480 e. The summed E-state index contributed by atoms with van der Waals surface area (Å²) in [6.45, 7) is 5.92. The van der Waals surface area contributed by atoms with Crippen LogP contribution in [0, 0.1) is 0 Å². The van der Waals surface area contributed by atoms with E-state index in [1.54, 1.807) is 6.92 Å². The van der Waals surface area contributed by atoms with Crippen molar-refractivity contribution >= 4 is 5.97 Å². The van der Waals surface area contributed by atoms with E-state index in [4.69, 9.17) is 0 Å². The molecule has 0 aliphatic rings. The Hall–Kier alpha value is -0.610. The van der Waals surface area contributed by atoms with Crippen LogP contribution in [0.2, 0.25) is 0 Å². The number of rotatable bonds is 8. The first kappa shape index (κ1) is 14.4. The maximum atomic E-state index is 11.3. The lowest BCUT2D eigenvalue weighted by Gasteiger charge is -2.30. The average molecular weight is 217 g/mol. The number of carboxylic acid groups (broad SMARTS) is 1. The van der Waals surface area contributed by atoms with Gasteiger partial charge in [-0.3, -0.25) is 10.1 Å². The van der Waals surface area contributed by atoms with Crippen molar-refractivity contribution in [2.45, 2.75) is 58.1 Å². The molecule has 0 aliphatic heterocycles. The number of β-amino-alcohol motifs (C(OH)–C–C–N with tert-alkyl or cyclic N) is 1. The Kier molecular flexibility index (Phi) is 6.52. The maximum Gasteiger partial charge on any atom is 0.323 e. The van der Waals surface area contributed by atoms with Crippen LogP contribution in [0.4, 0.5) is 0 Å². The minimum absolute atomic E-state index is 0.326. The normalized spacial score (nSPS) is 13.9. The predicted octanol–water partition coefficient (Wildman–Crippen LogP) is 1.38. The van der Waals surface area contributed by atoms with E-state index in [1.165, 1.54) is 0 Å². The third-order valence-electron chi connectivity index (χ3n) is 2.50. The lowest BCUT2D eigenvalue weighted by atomic mass is 9.88. The van der Waals surface area contributed by atoms with E-state index >= 15 is 0 Å². The maximum absolute atomic E-state index is 11.3. The molecule has 0 bridgehead atoms. The van der Waals surface area contributed by atoms with Crippen molar-refractivity contribution in [3.8, 4) is 0 Å². The fraction of sp³-hybridized carbons (Fsp3) is 0.909. The molecule has 0 amide bonds. The molecule has 0 heterocycles. The van der Waals surface area contributed by atoms with Gasteiger partial charge in [0.1, 0.15) is 5.54 Å². The van der Waals surface area contributed by atoms with Crippen LogP contribution in [0.1, 0.15) is 46.5 Å². The lowest BCUT2D eigenvalue weighted by Crippen LogP contribution is -2.53. The van der Waals surface area contributed by atoms with Gasteiger partial charge in [0.05, 0.1) is 6.10 Å². The van der Waals surface area contributed by atoms with Crippen LogP contribution < -0.4 is 5.32 Å². The van der Waals surface area contributed by atoms with Gasteiger partial charge in [0.15, 0.2) is 0 Å².